The van der Waals surface area contributed by atoms with Crippen molar-refractivity contribution in [2.75, 3.05) is 0 Å². The average Bonchev–Trinajstić information content (AvgIpc) is 3.41. The van der Waals surface area contributed by atoms with Gasteiger partial charge in [-0.2, -0.15) is 5.26 Å². The largest absolute Gasteiger partial charge is 0.192 e. The minimum atomic E-state index is -2.60. The summed E-state index contributed by atoms with van der Waals surface area (Å²) in [5.41, 5.74) is 7.05. The molecule has 0 fully saturated rings. The molecule has 0 N–H and O–H groups in total. The zero-order valence-electron chi connectivity index (χ0n) is 36.6. The second-order valence-electron chi connectivity index (χ2n) is 16.7. The lowest BCUT2D eigenvalue weighted by Gasteiger charge is -2.34. The van der Waals surface area contributed by atoms with Gasteiger partial charge < -0.3 is 0 Å². The Morgan fingerprint density at radius 1 is 0.273 bits per heavy atom. The highest BCUT2D eigenvalue weighted by atomic mass is 28.3. The van der Waals surface area contributed by atoms with E-state index < -0.39 is 16.1 Å². The van der Waals surface area contributed by atoms with Crippen LogP contribution in [0.5, 0.6) is 0 Å². The molecule has 10 aromatic carbocycles. The van der Waals surface area contributed by atoms with E-state index in [2.05, 4.69) is 285 Å². The Kier molecular flexibility index (Phi) is 12.0. The molecule has 0 atom stereocenters. The first-order chi connectivity index (χ1) is 32.7. The van der Waals surface area contributed by atoms with Crippen molar-refractivity contribution in [1.29, 1.82) is 5.26 Å². The lowest BCUT2D eigenvalue weighted by molar-refractivity contribution is 1.52. The Hall–Kier alpha value is -8.14. The highest BCUT2D eigenvalue weighted by Crippen LogP contribution is 2.26. The third-order valence-electron chi connectivity index (χ3n) is 13.1. The normalized spacial score (nSPS) is 11.7. The Morgan fingerprint density at radius 2 is 0.500 bits per heavy atom. The first-order valence-corrected chi connectivity index (χ1v) is 26.6. The zero-order valence-corrected chi connectivity index (χ0v) is 38.6. The maximum atomic E-state index is 10.4. The first-order valence-electron chi connectivity index (χ1n) is 22.6. The van der Waals surface area contributed by atoms with Crippen LogP contribution in [-0.4, -0.2) is 16.1 Å². The zero-order chi connectivity index (χ0) is 44.6. The molecule has 0 unspecified atom stereocenters. The van der Waals surface area contributed by atoms with Crippen LogP contribution in [0, 0.1) is 11.3 Å². The Balaban J connectivity index is 0.911. The molecule has 3 heteroatoms. The number of hydrogen-bond donors (Lipinski definition) is 0. The van der Waals surface area contributed by atoms with Gasteiger partial charge in [0.1, 0.15) is 0 Å². The van der Waals surface area contributed by atoms with Crippen molar-refractivity contribution in [2.24, 2.45) is 0 Å². The molecule has 0 bridgehead atoms. The van der Waals surface area contributed by atoms with Gasteiger partial charge >= 0.3 is 0 Å². The summed E-state index contributed by atoms with van der Waals surface area (Å²) >= 11 is 0. The van der Waals surface area contributed by atoms with Gasteiger partial charge in [-0.3, -0.25) is 0 Å². The van der Waals surface area contributed by atoms with Crippen LogP contribution in [0.15, 0.2) is 279 Å². The van der Waals surface area contributed by atoms with Gasteiger partial charge in [-0.15, -0.1) is 0 Å². The van der Waals surface area contributed by atoms with Gasteiger partial charge in [-0.25, -0.2) is 0 Å². The van der Waals surface area contributed by atoms with Gasteiger partial charge in [-0.05, 0) is 81.0 Å². The molecule has 0 saturated heterocycles. The van der Waals surface area contributed by atoms with E-state index in [0.717, 1.165) is 33.4 Å². The van der Waals surface area contributed by atoms with Crippen molar-refractivity contribution in [3.8, 4) is 28.3 Å². The van der Waals surface area contributed by atoms with Gasteiger partial charge in [0.25, 0.3) is 0 Å². The van der Waals surface area contributed by atoms with Crippen molar-refractivity contribution < 1.29 is 0 Å². The Morgan fingerprint density at radius 3 is 0.758 bits per heavy atom. The third kappa shape index (κ3) is 7.90. The molecule has 0 amide bonds. The second-order valence-corrected chi connectivity index (χ2v) is 24.3. The fourth-order valence-electron chi connectivity index (χ4n) is 9.92. The maximum Gasteiger partial charge on any atom is 0.179 e. The SMILES string of the molecule is N#C/C(=C\c1ccc(-c2ccc([Si](c3ccccc3)(c3ccccc3)c3ccccc3)cc2)cc1)c1ccc(-c2ccc([Si](c3ccccc3)(c3ccccc3)c3ccccc3)cc2)cc1. The summed E-state index contributed by atoms with van der Waals surface area (Å²) < 4.78 is 0. The second kappa shape index (κ2) is 18.9. The van der Waals surface area contributed by atoms with Crippen LogP contribution in [0.3, 0.4) is 0 Å². The van der Waals surface area contributed by atoms with E-state index in [9.17, 15) is 5.26 Å². The summed E-state index contributed by atoms with van der Waals surface area (Å²) in [5.74, 6) is 0. The van der Waals surface area contributed by atoms with Crippen LogP contribution < -0.4 is 41.5 Å². The van der Waals surface area contributed by atoms with Crippen LogP contribution >= 0.6 is 0 Å². The molecule has 0 aliphatic rings. The summed E-state index contributed by atoms with van der Waals surface area (Å²) in [5, 5.41) is 21.2. The average molecular weight is 874 g/mol. The van der Waals surface area contributed by atoms with Crippen LogP contribution in [0.2, 0.25) is 0 Å². The van der Waals surface area contributed by atoms with Crippen LogP contribution in [-0.2, 0) is 0 Å². The van der Waals surface area contributed by atoms with Crippen LogP contribution in [0.25, 0.3) is 33.9 Å². The number of allylic oxidation sites excluding steroid dienone is 1. The van der Waals surface area contributed by atoms with Crippen LogP contribution in [0.1, 0.15) is 11.1 Å². The maximum absolute atomic E-state index is 10.4. The van der Waals surface area contributed by atoms with E-state index in [4.69, 9.17) is 0 Å². The molecule has 10 rings (SSSR count). The fraction of sp³-hybridized carbons (Fsp3) is 0. The van der Waals surface area contributed by atoms with Crippen molar-refractivity contribution >= 4 is 69.3 Å². The van der Waals surface area contributed by atoms with Crippen LogP contribution in [0.4, 0.5) is 0 Å². The Bertz CT molecular complexity index is 3030. The molecule has 10 aromatic rings. The smallest absolute Gasteiger partial charge is 0.179 e. The minimum absolute atomic E-state index is 0.627. The lowest BCUT2D eigenvalue weighted by atomic mass is 9.98. The quantitative estimate of drug-likeness (QED) is 0.0520. The molecule has 312 valence electrons. The topological polar surface area (TPSA) is 23.8 Å². The van der Waals surface area contributed by atoms with Gasteiger partial charge in [0, 0.05) is 0 Å². The third-order valence-corrected chi connectivity index (χ3v) is 22.7. The van der Waals surface area contributed by atoms with E-state index in [1.807, 2.05) is 6.08 Å². The summed E-state index contributed by atoms with van der Waals surface area (Å²) in [7, 11) is -5.19. The molecule has 0 aliphatic heterocycles. The fourth-order valence-corrected chi connectivity index (χ4v) is 19.4. The van der Waals surface area contributed by atoms with Crippen molar-refractivity contribution in [1.82, 2.24) is 0 Å². The molecular weight excluding hydrogens is 827 g/mol. The Labute approximate surface area is 391 Å². The van der Waals surface area contributed by atoms with Gasteiger partial charge in [0.15, 0.2) is 16.1 Å². The standard InChI is InChI=1S/C63H47NSi2/c64-48-55(54-37-35-51(36-38-54)53-41-45-63(46-42-53)66(59-25-13-4-14-26-59,60-27-15-5-16-28-60)61-29-17-6-18-30-61)47-49-31-33-50(34-32-49)52-39-43-62(44-40-52)65(56-19-7-1-8-20-56,57-21-9-2-10-22-57)58-23-11-3-12-24-58/h1-47H/b55-47+. The summed E-state index contributed by atoms with van der Waals surface area (Å²) in [6.45, 7) is 0. The molecule has 0 heterocycles. The predicted molar refractivity (Wildman–Crippen MR) is 284 cm³/mol. The molecule has 0 aliphatic carbocycles. The summed E-state index contributed by atoms with van der Waals surface area (Å²) in [6, 6.07) is 104. The van der Waals surface area contributed by atoms with E-state index in [1.54, 1.807) is 0 Å². The van der Waals surface area contributed by atoms with E-state index >= 15 is 0 Å². The van der Waals surface area contributed by atoms with Crippen molar-refractivity contribution in [3.05, 3.63) is 290 Å². The van der Waals surface area contributed by atoms with Gasteiger partial charge in [-0.1, -0.05) is 279 Å². The molecular formula is C63H47NSi2. The highest BCUT2D eigenvalue weighted by Gasteiger charge is 2.42. The van der Waals surface area contributed by atoms with Crippen molar-refractivity contribution in [3.63, 3.8) is 0 Å². The first kappa shape index (κ1) is 41.9. The summed E-state index contributed by atoms with van der Waals surface area (Å²) in [4.78, 5) is 0. The van der Waals surface area contributed by atoms with E-state index in [1.165, 1.54) is 41.5 Å². The van der Waals surface area contributed by atoms with Gasteiger partial charge in [0.2, 0.25) is 0 Å². The molecule has 0 saturated carbocycles. The molecule has 66 heavy (non-hydrogen) atoms. The molecule has 0 spiro atoms. The lowest BCUT2D eigenvalue weighted by Crippen LogP contribution is -2.74. The monoisotopic (exact) mass is 873 g/mol. The van der Waals surface area contributed by atoms with Gasteiger partial charge in [0.05, 0.1) is 11.6 Å². The number of nitrogens with zero attached hydrogens (tertiary/aromatic N) is 1. The minimum Gasteiger partial charge on any atom is -0.192 e. The number of nitriles is 1. The number of rotatable bonds is 12. The van der Waals surface area contributed by atoms with Crippen molar-refractivity contribution in [2.45, 2.75) is 0 Å². The molecule has 0 radical (unpaired) electrons. The predicted octanol–water partition coefficient (Wildman–Crippen LogP) is 9.84. The summed E-state index contributed by atoms with van der Waals surface area (Å²) in [6.07, 6.45) is 1.98. The molecule has 0 aromatic heterocycles. The van der Waals surface area contributed by atoms with E-state index in [-0.39, 0.29) is 0 Å². The molecule has 1 nitrogen and oxygen atoms in total. The van der Waals surface area contributed by atoms with E-state index in [0.29, 0.717) is 5.57 Å². The number of hydrogen-bond acceptors (Lipinski definition) is 1. The highest BCUT2D eigenvalue weighted by molar-refractivity contribution is 7.20. The number of benzene rings is 10.